The van der Waals surface area contributed by atoms with Gasteiger partial charge in [0.25, 0.3) is 0 Å². The zero-order valence-corrected chi connectivity index (χ0v) is 16.3. The summed E-state index contributed by atoms with van der Waals surface area (Å²) in [6.45, 7) is 0.840. The van der Waals surface area contributed by atoms with Gasteiger partial charge < -0.3 is 10.0 Å². The molecule has 1 aromatic rings. The van der Waals surface area contributed by atoms with Gasteiger partial charge in [-0.25, -0.2) is 0 Å². The summed E-state index contributed by atoms with van der Waals surface area (Å²) in [6, 6.07) is 5.87. The Bertz CT molecular complexity index is 715. The fourth-order valence-electron chi connectivity index (χ4n) is 6.69. The monoisotopic (exact) mass is 393 g/mol. The number of carbonyl (C=O) groups is 1. The van der Waals surface area contributed by atoms with Crippen LogP contribution in [0.1, 0.15) is 44.1 Å². The van der Waals surface area contributed by atoms with E-state index in [9.17, 15) is 9.90 Å². The van der Waals surface area contributed by atoms with Gasteiger partial charge in [0.1, 0.15) is 0 Å². The summed E-state index contributed by atoms with van der Waals surface area (Å²) in [5.41, 5.74) is 0.454. The lowest BCUT2D eigenvalue weighted by Crippen LogP contribution is -2.62. The number of halogens is 2. The van der Waals surface area contributed by atoms with Crippen molar-refractivity contribution in [3.05, 3.63) is 33.8 Å². The number of rotatable bonds is 3. The van der Waals surface area contributed by atoms with Crippen molar-refractivity contribution >= 4 is 29.1 Å². The topological polar surface area (TPSA) is 40.5 Å². The predicted molar refractivity (Wildman–Crippen MR) is 102 cm³/mol. The van der Waals surface area contributed by atoms with Crippen molar-refractivity contribution in [2.24, 2.45) is 23.7 Å². The number of hydrogen-bond donors (Lipinski definition) is 1. The smallest absolute Gasteiger partial charge is 0.226 e. The van der Waals surface area contributed by atoms with Gasteiger partial charge in [0.05, 0.1) is 5.60 Å². The van der Waals surface area contributed by atoms with Crippen LogP contribution in [0.4, 0.5) is 0 Å². The molecule has 1 saturated heterocycles. The summed E-state index contributed by atoms with van der Waals surface area (Å²) in [4.78, 5) is 15.4. The van der Waals surface area contributed by atoms with Crippen molar-refractivity contribution in [3.8, 4) is 0 Å². The van der Waals surface area contributed by atoms with Crippen molar-refractivity contribution < 1.29 is 9.90 Å². The van der Waals surface area contributed by atoms with E-state index < -0.39 is 5.60 Å². The van der Waals surface area contributed by atoms with Crippen LogP contribution in [0.25, 0.3) is 0 Å². The highest BCUT2D eigenvalue weighted by atomic mass is 35.5. The summed E-state index contributed by atoms with van der Waals surface area (Å²) >= 11 is 12.6. The van der Waals surface area contributed by atoms with Crippen LogP contribution in [0.5, 0.6) is 0 Å². The van der Waals surface area contributed by atoms with Crippen LogP contribution < -0.4 is 0 Å². The maximum Gasteiger partial charge on any atom is 0.226 e. The summed E-state index contributed by atoms with van der Waals surface area (Å²) in [5.74, 6) is 1.89. The van der Waals surface area contributed by atoms with Crippen LogP contribution in [0.15, 0.2) is 18.2 Å². The highest BCUT2D eigenvalue weighted by Crippen LogP contribution is 2.57. The van der Waals surface area contributed by atoms with E-state index in [2.05, 4.69) is 4.90 Å². The van der Waals surface area contributed by atoms with Gasteiger partial charge in [-0.15, -0.1) is 0 Å². The number of likely N-dealkylation sites (tertiary alicyclic amines) is 1. The molecule has 1 heterocycles. The molecule has 4 saturated carbocycles. The molecule has 1 amide bonds. The van der Waals surface area contributed by atoms with E-state index in [4.69, 9.17) is 23.2 Å². The standard InChI is InChI=1S/C21H25Cl2NO2/c22-17-2-1-3-18(23)16(17)8-13-4-5-24(20(13)25)19-14-6-12-7-15(19)11-21(26,9-12)10-14/h1-3,12-15,19,26H,4-11H2. The zero-order valence-electron chi connectivity index (χ0n) is 14.8. The number of carbonyl (C=O) groups excluding carboxylic acids is 1. The molecule has 5 fully saturated rings. The number of aliphatic hydroxyl groups is 1. The van der Waals surface area contributed by atoms with Crippen molar-refractivity contribution in [2.45, 2.75) is 56.6 Å². The molecule has 4 bridgehead atoms. The Labute approximate surface area is 164 Å². The van der Waals surface area contributed by atoms with E-state index in [-0.39, 0.29) is 11.8 Å². The first-order chi connectivity index (χ1) is 12.4. The summed E-state index contributed by atoms with van der Waals surface area (Å²) in [7, 11) is 0. The molecule has 3 atom stereocenters. The minimum absolute atomic E-state index is 0.0207. The summed E-state index contributed by atoms with van der Waals surface area (Å²) in [6.07, 6.45) is 6.63. The fourth-order valence-corrected chi connectivity index (χ4v) is 7.24. The lowest BCUT2D eigenvalue weighted by atomic mass is 9.52. The minimum atomic E-state index is -0.444. The van der Waals surface area contributed by atoms with Crippen LogP contribution in [0.2, 0.25) is 10.0 Å². The third kappa shape index (κ3) is 2.70. The lowest BCUT2D eigenvalue weighted by Gasteiger charge is -2.59. The molecule has 26 heavy (non-hydrogen) atoms. The average Bonchev–Trinajstić information content (AvgIpc) is 2.90. The van der Waals surface area contributed by atoms with Crippen molar-refractivity contribution in [1.82, 2.24) is 4.90 Å². The molecule has 5 aliphatic rings. The molecule has 4 aliphatic carbocycles. The Morgan fingerprint density at radius 2 is 1.77 bits per heavy atom. The van der Waals surface area contributed by atoms with Crippen LogP contribution in [0, 0.1) is 23.7 Å². The third-order valence-corrected chi connectivity index (χ3v) is 8.12. The molecular weight excluding hydrogens is 369 g/mol. The van der Waals surface area contributed by atoms with Crippen LogP contribution in [-0.4, -0.2) is 34.1 Å². The van der Waals surface area contributed by atoms with Crippen molar-refractivity contribution in [1.29, 1.82) is 0 Å². The molecule has 3 unspecified atom stereocenters. The highest BCUT2D eigenvalue weighted by Gasteiger charge is 2.57. The Morgan fingerprint density at radius 1 is 1.12 bits per heavy atom. The molecule has 6 rings (SSSR count). The Kier molecular flexibility index (Phi) is 4.08. The number of benzene rings is 1. The SMILES string of the molecule is O=C1C(Cc2c(Cl)cccc2Cl)CCN1C1C2CC3CC1CC(O)(C3)C2. The van der Waals surface area contributed by atoms with Crippen LogP contribution in [0.3, 0.4) is 0 Å². The lowest BCUT2D eigenvalue weighted by molar-refractivity contribution is -0.168. The second-order valence-electron chi connectivity index (χ2n) is 9.11. The van der Waals surface area contributed by atoms with Gasteiger partial charge in [0, 0.05) is 28.5 Å². The first-order valence-electron chi connectivity index (χ1n) is 9.89. The molecule has 1 aliphatic heterocycles. The van der Waals surface area contributed by atoms with Crippen molar-refractivity contribution in [3.63, 3.8) is 0 Å². The molecule has 3 nitrogen and oxygen atoms in total. The van der Waals surface area contributed by atoms with Crippen LogP contribution >= 0.6 is 23.2 Å². The molecular formula is C21H25Cl2NO2. The first-order valence-corrected chi connectivity index (χ1v) is 10.6. The maximum atomic E-state index is 13.2. The van der Waals surface area contributed by atoms with E-state index in [1.54, 1.807) is 0 Å². The Hall–Kier alpha value is -0.770. The zero-order chi connectivity index (χ0) is 18.1. The van der Waals surface area contributed by atoms with Crippen molar-refractivity contribution in [2.75, 3.05) is 6.54 Å². The van der Waals surface area contributed by atoms with E-state index in [1.807, 2.05) is 18.2 Å². The number of nitrogens with zero attached hydrogens (tertiary/aromatic N) is 1. The maximum absolute atomic E-state index is 13.2. The van der Waals surface area contributed by atoms with E-state index in [0.717, 1.165) is 37.8 Å². The first kappa shape index (κ1) is 17.3. The molecule has 5 heteroatoms. The van der Waals surface area contributed by atoms with Gasteiger partial charge >= 0.3 is 0 Å². The Balaban J connectivity index is 1.34. The second kappa shape index (κ2) is 6.12. The van der Waals surface area contributed by atoms with Gasteiger partial charge in [-0.2, -0.15) is 0 Å². The second-order valence-corrected chi connectivity index (χ2v) is 9.92. The van der Waals surface area contributed by atoms with Gasteiger partial charge in [0.2, 0.25) is 5.91 Å². The molecule has 0 radical (unpaired) electrons. The number of amides is 1. The molecule has 0 spiro atoms. The largest absolute Gasteiger partial charge is 0.390 e. The predicted octanol–water partition coefficient (Wildman–Crippen LogP) is 4.32. The molecule has 0 aromatic heterocycles. The van der Waals surface area contributed by atoms with Gasteiger partial charge in [0.15, 0.2) is 0 Å². The summed E-state index contributed by atoms with van der Waals surface area (Å²) in [5, 5.41) is 12.1. The van der Waals surface area contributed by atoms with Gasteiger partial charge in [-0.3, -0.25) is 4.79 Å². The third-order valence-electron chi connectivity index (χ3n) is 7.41. The summed E-state index contributed by atoms with van der Waals surface area (Å²) < 4.78 is 0. The molecule has 140 valence electrons. The van der Waals surface area contributed by atoms with E-state index >= 15 is 0 Å². The normalized spacial score (nSPS) is 41.3. The highest BCUT2D eigenvalue weighted by molar-refractivity contribution is 6.36. The quantitative estimate of drug-likeness (QED) is 0.830. The van der Waals surface area contributed by atoms with E-state index in [1.165, 1.54) is 12.8 Å². The molecule has 1 N–H and O–H groups in total. The minimum Gasteiger partial charge on any atom is -0.390 e. The fraction of sp³-hybridized carbons (Fsp3) is 0.667. The van der Waals surface area contributed by atoms with E-state index in [0.29, 0.717) is 40.3 Å². The van der Waals surface area contributed by atoms with Gasteiger partial charge in [-0.05, 0) is 80.4 Å². The average molecular weight is 394 g/mol. The van der Waals surface area contributed by atoms with Crippen LogP contribution in [-0.2, 0) is 11.2 Å². The Morgan fingerprint density at radius 3 is 2.38 bits per heavy atom. The number of hydrogen-bond acceptors (Lipinski definition) is 2. The molecule has 1 aromatic carbocycles. The van der Waals surface area contributed by atoms with Gasteiger partial charge in [-0.1, -0.05) is 29.3 Å².